The van der Waals surface area contributed by atoms with Gasteiger partial charge in [-0.1, -0.05) is 12.8 Å². The molecule has 0 saturated heterocycles. The maximum atomic E-state index is 10.1. The third-order valence-electron chi connectivity index (χ3n) is 1.72. The molecule has 0 heterocycles. The molecule has 0 aliphatic heterocycles. The van der Waals surface area contributed by atoms with Crippen LogP contribution in [-0.4, -0.2) is 11.1 Å². The van der Waals surface area contributed by atoms with Crippen LogP contribution in [0.5, 0.6) is 0 Å². The Balaban J connectivity index is 0. The van der Waals surface area contributed by atoms with Gasteiger partial charge in [-0.15, -0.1) is 0 Å². The SMILES string of the molecule is O=C(O)CC1[CH-]CCC1.[CH3-].[Fe+2]. The van der Waals surface area contributed by atoms with E-state index in [2.05, 4.69) is 6.42 Å². The first kappa shape index (κ1) is 13.6. The van der Waals surface area contributed by atoms with Crippen molar-refractivity contribution in [1.82, 2.24) is 0 Å². The van der Waals surface area contributed by atoms with Crippen LogP contribution in [-0.2, 0) is 21.9 Å². The third-order valence-corrected chi connectivity index (χ3v) is 1.72. The predicted molar refractivity (Wildman–Crippen MR) is 40.3 cm³/mol. The molecule has 1 fully saturated rings. The number of hydrogen-bond donors (Lipinski definition) is 1. The number of hydrogen-bond acceptors (Lipinski definition) is 1. The third kappa shape index (κ3) is 5.28. The van der Waals surface area contributed by atoms with Crippen molar-refractivity contribution < 1.29 is 27.0 Å². The summed E-state index contributed by atoms with van der Waals surface area (Å²) in [4.78, 5) is 10.1. The molecule has 3 heteroatoms. The van der Waals surface area contributed by atoms with Crippen molar-refractivity contribution in [1.29, 1.82) is 0 Å². The maximum absolute atomic E-state index is 10.1. The number of rotatable bonds is 2. The second-order valence-corrected chi connectivity index (χ2v) is 2.52. The Hall–Kier alpha value is -0.0105. The molecule has 0 spiro atoms. The Morgan fingerprint density at radius 1 is 1.64 bits per heavy atom. The second-order valence-electron chi connectivity index (χ2n) is 2.52. The molecular formula is C8H14FeO2. The van der Waals surface area contributed by atoms with Gasteiger partial charge in [-0.3, -0.25) is 4.79 Å². The average molecular weight is 198 g/mol. The van der Waals surface area contributed by atoms with Crippen molar-refractivity contribution >= 4 is 5.97 Å². The van der Waals surface area contributed by atoms with E-state index in [1.165, 1.54) is 6.42 Å². The van der Waals surface area contributed by atoms with Gasteiger partial charge in [0.05, 0.1) is 0 Å². The Bertz CT molecular complexity index is 109. The Morgan fingerprint density at radius 3 is 2.64 bits per heavy atom. The Labute approximate surface area is 78.8 Å². The molecule has 0 aromatic heterocycles. The number of carboxylic acids is 1. The smallest absolute Gasteiger partial charge is 0.481 e. The van der Waals surface area contributed by atoms with Crippen molar-refractivity contribution in [2.45, 2.75) is 25.7 Å². The fourth-order valence-corrected chi connectivity index (χ4v) is 1.26. The summed E-state index contributed by atoms with van der Waals surface area (Å²) in [5.41, 5.74) is 0. The minimum absolute atomic E-state index is 0. The topological polar surface area (TPSA) is 37.3 Å². The minimum Gasteiger partial charge on any atom is -0.481 e. The molecule has 0 aromatic rings. The van der Waals surface area contributed by atoms with Crippen LogP contribution in [0.15, 0.2) is 0 Å². The summed E-state index contributed by atoms with van der Waals surface area (Å²) in [7, 11) is 0. The van der Waals surface area contributed by atoms with Gasteiger partial charge in [0.2, 0.25) is 0 Å². The molecule has 1 saturated carbocycles. The minimum atomic E-state index is -0.668. The zero-order valence-corrected chi connectivity index (χ0v) is 7.80. The van der Waals surface area contributed by atoms with Crippen molar-refractivity contribution in [2.75, 3.05) is 0 Å². The normalized spacial score (nSPS) is 21.6. The van der Waals surface area contributed by atoms with Crippen LogP contribution in [0.25, 0.3) is 0 Å². The molecule has 1 unspecified atom stereocenters. The van der Waals surface area contributed by atoms with E-state index in [1.54, 1.807) is 0 Å². The van der Waals surface area contributed by atoms with Crippen molar-refractivity contribution in [3.8, 4) is 0 Å². The van der Waals surface area contributed by atoms with E-state index in [0.717, 1.165) is 12.8 Å². The quantitative estimate of drug-likeness (QED) is 0.543. The van der Waals surface area contributed by atoms with Crippen LogP contribution in [0, 0.1) is 19.8 Å². The monoisotopic (exact) mass is 198 g/mol. The first-order chi connectivity index (χ1) is 4.29. The van der Waals surface area contributed by atoms with Gasteiger partial charge in [0.15, 0.2) is 0 Å². The summed E-state index contributed by atoms with van der Waals surface area (Å²) in [6, 6.07) is 0. The summed E-state index contributed by atoms with van der Waals surface area (Å²) in [5.74, 6) is -0.305. The van der Waals surface area contributed by atoms with Crippen LogP contribution in [0.2, 0.25) is 0 Å². The number of carbonyl (C=O) groups is 1. The van der Waals surface area contributed by atoms with Crippen molar-refractivity contribution in [3.63, 3.8) is 0 Å². The zero-order valence-electron chi connectivity index (χ0n) is 6.69. The molecule has 11 heavy (non-hydrogen) atoms. The Morgan fingerprint density at radius 2 is 2.27 bits per heavy atom. The summed E-state index contributed by atoms with van der Waals surface area (Å²) >= 11 is 0. The van der Waals surface area contributed by atoms with Gasteiger partial charge in [0, 0.05) is 6.42 Å². The molecule has 0 aromatic carbocycles. The van der Waals surface area contributed by atoms with Gasteiger partial charge in [0.25, 0.3) is 0 Å². The maximum Gasteiger partial charge on any atom is 2.00 e. The summed E-state index contributed by atoms with van der Waals surface area (Å²) in [6.07, 6.45) is 5.82. The van der Waals surface area contributed by atoms with Crippen LogP contribution in [0.1, 0.15) is 25.7 Å². The van der Waals surface area contributed by atoms with E-state index < -0.39 is 5.97 Å². The number of carboxylic acid groups (broad SMARTS) is 1. The predicted octanol–water partition coefficient (Wildman–Crippen LogP) is 1.91. The fraction of sp³-hybridized carbons (Fsp3) is 0.625. The van der Waals surface area contributed by atoms with Crippen molar-refractivity contribution in [3.05, 3.63) is 13.8 Å². The first-order valence-electron chi connectivity index (χ1n) is 3.34. The molecule has 1 rings (SSSR count). The average Bonchev–Trinajstić information content (AvgIpc) is 2.15. The molecule has 1 atom stereocenters. The largest absolute Gasteiger partial charge is 2.00 e. The second kappa shape index (κ2) is 6.68. The first-order valence-corrected chi connectivity index (χ1v) is 3.34. The summed E-state index contributed by atoms with van der Waals surface area (Å²) in [5, 5.41) is 8.35. The molecule has 1 N–H and O–H groups in total. The van der Waals surface area contributed by atoms with Gasteiger partial charge in [-0.2, -0.15) is 12.3 Å². The van der Waals surface area contributed by atoms with Crippen LogP contribution < -0.4 is 0 Å². The van der Waals surface area contributed by atoms with Crippen LogP contribution in [0.4, 0.5) is 0 Å². The molecular weight excluding hydrogens is 184 g/mol. The number of aliphatic carboxylic acids is 1. The molecule has 0 bridgehead atoms. The Kier molecular flexibility index (Phi) is 8.25. The van der Waals surface area contributed by atoms with Gasteiger partial charge < -0.3 is 19.0 Å². The standard InChI is InChI=1S/C7H11O2.CH3.Fe/c8-7(9)5-6-3-1-2-4-6;;/h3,6H,1-2,4-5H2,(H,8,9);1H3;/q2*-1;+2. The van der Waals surface area contributed by atoms with Gasteiger partial charge in [-0.25, -0.2) is 0 Å². The van der Waals surface area contributed by atoms with Crippen molar-refractivity contribution in [2.24, 2.45) is 5.92 Å². The van der Waals surface area contributed by atoms with E-state index in [4.69, 9.17) is 5.11 Å². The zero-order chi connectivity index (χ0) is 6.69. The van der Waals surface area contributed by atoms with Gasteiger partial charge in [0.1, 0.15) is 0 Å². The van der Waals surface area contributed by atoms with E-state index in [9.17, 15) is 4.79 Å². The molecule has 0 radical (unpaired) electrons. The summed E-state index contributed by atoms with van der Waals surface area (Å²) in [6.45, 7) is 0. The summed E-state index contributed by atoms with van der Waals surface area (Å²) < 4.78 is 0. The fourth-order valence-electron chi connectivity index (χ4n) is 1.26. The van der Waals surface area contributed by atoms with Crippen LogP contribution in [0.3, 0.4) is 0 Å². The molecule has 1 aliphatic carbocycles. The molecule has 1 aliphatic rings. The van der Waals surface area contributed by atoms with E-state index >= 15 is 0 Å². The van der Waals surface area contributed by atoms with E-state index in [-0.39, 0.29) is 24.5 Å². The molecule has 66 valence electrons. The molecule has 2 nitrogen and oxygen atoms in total. The van der Waals surface area contributed by atoms with Gasteiger partial charge >= 0.3 is 23.0 Å². The molecule has 0 amide bonds. The van der Waals surface area contributed by atoms with E-state index in [1.807, 2.05) is 0 Å². The van der Waals surface area contributed by atoms with E-state index in [0.29, 0.717) is 12.3 Å². The van der Waals surface area contributed by atoms with Crippen LogP contribution >= 0.6 is 0 Å². The van der Waals surface area contributed by atoms with Gasteiger partial charge in [-0.05, 0) is 0 Å².